The van der Waals surface area contributed by atoms with E-state index >= 15 is 0 Å². The Morgan fingerprint density at radius 2 is 1.89 bits per heavy atom. The SMILES string of the molecule is O=C1NC(=O)c2ccc(I)cc2C1=CNc1ccc(Cn2ccnc2)cc1. The van der Waals surface area contributed by atoms with Gasteiger partial charge in [0.25, 0.3) is 11.8 Å². The first-order valence-corrected chi connectivity index (χ1v) is 9.35. The zero-order valence-corrected chi connectivity index (χ0v) is 16.3. The van der Waals surface area contributed by atoms with Crippen LogP contribution in [0.5, 0.6) is 0 Å². The lowest BCUT2D eigenvalue weighted by Crippen LogP contribution is -2.36. The standard InChI is InChI=1S/C20H15IN4O2/c21-14-3-6-16-17(9-14)18(20(27)24-19(16)26)10-23-15-4-1-13(2-5-15)11-25-8-7-22-12-25/h1-10,12,23H,11H2,(H,24,26,27). The third-order valence-electron chi connectivity index (χ3n) is 4.25. The normalized spacial score (nSPS) is 14.8. The van der Waals surface area contributed by atoms with Crippen molar-refractivity contribution in [2.45, 2.75) is 6.54 Å². The predicted molar refractivity (Wildman–Crippen MR) is 111 cm³/mol. The lowest BCUT2D eigenvalue weighted by molar-refractivity contribution is -0.114. The third-order valence-corrected chi connectivity index (χ3v) is 4.92. The monoisotopic (exact) mass is 470 g/mol. The molecule has 0 saturated carbocycles. The molecule has 6 nitrogen and oxygen atoms in total. The van der Waals surface area contributed by atoms with E-state index < -0.39 is 5.91 Å². The van der Waals surface area contributed by atoms with E-state index in [0.29, 0.717) is 16.7 Å². The number of rotatable bonds is 4. The van der Waals surface area contributed by atoms with Gasteiger partial charge in [-0.15, -0.1) is 0 Å². The molecule has 0 aliphatic carbocycles. The maximum Gasteiger partial charge on any atom is 0.260 e. The molecule has 7 heteroatoms. The summed E-state index contributed by atoms with van der Waals surface area (Å²) >= 11 is 2.16. The number of fused-ring (bicyclic) bond motifs is 1. The van der Waals surface area contributed by atoms with E-state index in [1.165, 1.54) is 0 Å². The van der Waals surface area contributed by atoms with Gasteiger partial charge in [0, 0.05) is 45.5 Å². The summed E-state index contributed by atoms with van der Waals surface area (Å²) in [6.07, 6.45) is 7.08. The summed E-state index contributed by atoms with van der Waals surface area (Å²) < 4.78 is 2.95. The molecule has 2 heterocycles. The Morgan fingerprint density at radius 1 is 1.07 bits per heavy atom. The van der Waals surface area contributed by atoms with E-state index in [1.807, 2.05) is 47.2 Å². The molecule has 0 fully saturated rings. The Morgan fingerprint density at radius 3 is 2.63 bits per heavy atom. The molecule has 0 saturated heterocycles. The maximum atomic E-state index is 12.3. The van der Waals surface area contributed by atoms with Gasteiger partial charge in [0.05, 0.1) is 11.9 Å². The molecule has 0 bridgehead atoms. The van der Waals surface area contributed by atoms with Crippen LogP contribution in [0.2, 0.25) is 0 Å². The molecule has 2 amide bonds. The van der Waals surface area contributed by atoms with Crippen molar-refractivity contribution in [1.29, 1.82) is 0 Å². The third kappa shape index (κ3) is 3.77. The summed E-state index contributed by atoms with van der Waals surface area (Å²) in [6, 6.07) is 13.4. The Kier molecular flexibility index (Phi) is 4.76. The van der Waals surface area contributed by atoms with Crippen LogP contribution in [-0.4, -0.2) is 21.4 Å². The first-order chi connectivity index (χ1) is 13.1. The zero-order valence-electron chi connectivity index (χ0n) is 14.1. The smallest absolute Gasteiger partial charge is 0.260 e. The number of amides is 2. The fourth-order valence-corrected chi connectivity index (χ4v) is 3.38. The molecule has 27 heavy (non-hydrogen) atoms. The molecule has 3 aromatic rings. The van der Waals surface area contributed by atoms with Crippen LogP contribution in [-0.2, 0) is 11.3 Å². The van der Waals surface area contributed by atoms with E-state index in [4.69, 9.17) is 0 Å². The second kappa shape index (κ2) is 7.36. The summed E-state index contributed by atoms with van der Waals surface area (Å²) in [5.74, 6) is -0.772. The van der Waals surface area contributed by atoms with E-state index in [1.54, 1.807) is 24.8 Å². The van der Waals surface area contributed by atoms with Crippen LogP contribution in [0.15, 0.2) is 67.4 Å². The number of carbonyl (C=O) groups is 2. The van der Waals surface area contributed by atoms with Crippen LogP contribution < -0.4 is 10.6 Å². The van der Waals surface area contributed by atoms with Crippen molar-refractivity contribution in [1.82, 2.24) is 14.9 Å². The number of nitrogens with one attached hydrogen (secondary N) is 2. The summed E-state index contributed by atoms with van der Waals surface area (Å²) in [6.45, 7) is 0.748. The zero-order chi connectivity index (χ0) is 18.8. The summed E-state index contributed by atoms with van der Waals surface area (Å²) in [5.41, 5.74) is 3.57. The van der Waals surface area contributed by atoms with Gasteiger partial charge < -0.3 is 9.88 Å². The molecule has 1 aliphatic heterocycles. The molecular weight excluding hydrogens is 455 g/mol. The van der Waals surface area contributed by atoms with Gasteiger partial charge in [-0.05, 0) is 58.5 Å². The highest BCUT2D eigenvalue weighted by Gasteiger charge is 2.27. The van der Waals surface area contributed by atoms with E-state index in [-0.39, 0.29) is 5.91 Å². The first kappa shape index (κ1) is 17.5. The van der Waals surface area contributed by atoms with Gasteiger partial charge in [-0.25, -0.2) is 4.98 Å². The molecule has 1 aliphatic rings. The van der Waals surface area contributed by atoms with Crippen LogP contribution in [0.1, 0.15) is 21.5 Å². The molecule has 2 aromatic carbocycles. The van der Waals surface area contributed by atoms with Gasteiger partial charge in [-0.1, -0.05) is 12.1 Å². The number of hydrogen-bond donors (Lipinski definition) is 2. The minimum Gasteiger partial charge on any atom is -0.361 e. The maximum absolute atomic E-state index is 12.3. The number of hydrogen-bond acceptors (Lipinski definition) is 4. The van der Waals surface area contributed by atoms with E-state index in [0.717, 1.165) is 21.4 Å². The average Bonchev–Trinajstić information content (AvgIpc) is 3.15. The van der Waals surface area contributed by atoms with Gasteiger partial charge in [-0.2, -0.15) is 0 Å². The van der Waals surface area contributed by atoms with Gasteiger partial charge >= 0.3 is 0 Å². The van der Waals surface area contributed by atoms with Crippen molar-refractivity contribution in [3.05, 3.63) is 87.6 Å². The minimum atomic E-state index is -0.404. The molecule has 0 spiro atoms. The van der Waals surface area contributed by atoms with Crippen molar-refractivity contribution in [2.75, 3.05) is 5.32 Å². The van der Waals surface area contributed by atoms with E-state index in [9.17, 15) is 9.59 Å². The second-order valence-corrected chi connectivity index (χ2v) is 7.35. The average molecular weight is 470 g/mol. The highest BCUT2D eigenvalue weighted by atomic mass is 127. The van der Waals surface area contributed by atoms with Gasteiger partial charge in [0.1, 0.15) is 0 Å². The van der Waals surface area contributed by atoms with Crippen LogP contribution in [0.25, 0.3) is 5.57 Å². The number of halogens is 1. The van der Waals surface area contributed by atoms with Crippen molar-refractivity contribution in [2.24, 2.45) is 0 Å². The Bertz CT molecular complexity index is 1040. The minimum absolute atomic E-state index is 0.368. The molecule has 1 aromatic heterocycles. The molecule has 0 unspecified atom stereocenters. The molecule has 0 radical (unpaired) electrons. The Balaban J connectivity index is 1.55. The highest BCUT2D eigenvalue weighted by molar-refractivity contribution is 14.1. The predicted octanol–water partition coefficient (Wildman–Crippen LogP) is 3.26. The molecule has 2 N–H and O–H groups in total. The molecule has 0 atom stereocenters. The number of nitrogens with zero attached hydrogens (tertiary/aromatic N) is 2. The fraction of sp³-hybridized carbons (Fsp3) is 0.0500. The number of aromatic nitrogens is 2. The van der Waals surface area contributed by atoms with Crippen molar-refractivity contribution in [3.63, 3.8) is 0 Å². The number of imidazole rings is 1. The quantitative estimate of drug-likeness (QED) is 0.349. The Hall–Kier alpha value is -2.94. The molecule has 4 rings (SSSR count). The van der Waals surface area contributed by atoms with Crippen molar-refractivity contribution in [3.8, 4) is 0 Å². The number of benzene rings is 2. The van der Waals surface area contributed by atoms with Crippen LogP contribution >= 0.6 is 22.6 Å². The summed E-state index contributed by atoms with van der Waals surface area (Å²) in [7, 11) is 0. The van der Waals surface area contributed by atoms with Crippen LogP contribution in [0.4, 0.5) is 5.69 Å². The fourth-order valence-electron chi connectivity index (χ4n) is 2.89. The van der Waals surface area contributed by atoms with Crippen molar-refractivity contribution >= 4 is 45.7 Å². The van der Waals surface area contributed by atoms with Gasteiger partial charge in [-0.3, -0.25) is 14.9 Å². The lowest BCUT2D eigenvalue weighted by atomic mass is 9.95. The van der Waals surface area contributed by atoms with Crippen LogP contribution in [0.3, 0.4) is 0 Å². The number of carbonyl (C=O) groups excluding carboxylic acids is 2. The summed E-state index contributed by atoms with van der Waals surface area (Å²) in [5, 5.41) is 5.53. The van der Waals surface area contributed by atoms with Gasteiger partial charge in [0.2, 0.25) is 0 Å². The topological polar surface area (TPSA) is 76.0 Å². The van der Waals surface area contributed by atoms with Crippen molar-refractivity contribution < 1.29 is 9.59 Å². The summed E-state index contributed by atoms with van der Waals surface area (Å²) in [4.78, 5) is 28.3. The van der Waals surface area contributed by atoms with E-state index in [2.05, 4.69) is 38.2 Å². The lowest BCUT2D eigenvalue weighted by Gasteiger charge is -2.18. The largest absolute Gasteiger partial charge is 0.361 e. The molecule has 134 valence electrons. The number of imide groups is 1. The first-order valence-electron chi connectivity index (χ1n) is 8.27. The highest BCUT2D eigenvalue weighted by Crippen LogP contribution is 2.26. The second-order valence-electron chi connectivity index (χ2n) is 6.11. The molecular formula is C20H15IN4O2. The Labute approximate surface area is 169 Å². The van der Waals surface area contributed by atoms with Gasteiger partial charge in [0.15, 0.2) is 0 Å². The van der Waals surface area contributed by atoms with Crippen LogP contribution in [0, 0.1) is 3.57 Å². The number of anilines is 1.